The highest BCUT2D eigenvalue weighted by molar-refractivity contribution is 6.30. The van der Waals surface area contributed by atoms with Gasteiger partial charge in [0, 0.05) is 13.2 Å². The Bertz CT molecular complexity index is 369. The average Bonchev–Trinajstić information content (AvgIpc) is 2.20. The highest BCUT2D eigenvalue weighted by Crippen LogP contribution is 2.13. The molecular weight excluding hydrogens is 228 g/mol. The number of carbonyl (C=O) groups excluding carboxylic acids is 1. The van der Waals surface area contributed by atoms with Crippen LogP contribution in [0, 0.1) is 0 Å². The highest BCUT2D eigenvalue weighted by Gasteiger charge is 2.13. The normalized spacial score (nSPS) is 10.6. The van der Waals surface area contributed by atoms with Gasteiger partial charge in [-0.3, -0.25) is 9.63 Å². The van der Waals surface area contributed by atoms with Gasteiger partial charge < -0.3 is 0 Å². The summed E-state index contributed by atoms with van der Waals surface area (Å²) in [5, 5.41) is 1.59. The van der Waals surface area contributed by atoms with Crippen molar-refractivity contribution in [2.75, 3.05) is 7.05 Å². The van der Waals surface area contributed by atoms with E-state index in [-0.39, 0.29) is 18.4 Å². The zero-order valence-electron chi connectivity index (χ0n) is 9.61. The molecule has 0 fully saturated rings. The quantitative estimate of drug-likeness (QED) is 0.600. The third kappa shape index (κ3) is 3.79. The number of carbonyl (C=O) groups is 1. The van der Waals surface area contributed by atoms with Gasteiger partial charge in [0.25, 0.3) is 0 Å². The lowest BCUT2D eigenvalue weighted by atomic mass is 10.2. The number of nitrogens with zero attached hydrogens (tertiary/aromatic N) is 2. The highest BCUT2D eigenvalue weighted by atomic mass is 35.5. The number of rotatable bonds is 4. The molecule has 1 aromatic heterocycles. The van der Waals surface area contributed by atoms with E-state index in [1.807, 2.05) is 13.8 Å². The van der Waals surface area contributed by atoms with E-state index >= 15 is 0 Å². The summed E-state index contributed by atoms with van der Waals surface area (Å²) in [6.07, 6.45) is 1.75. The molecule has 0 saturated carbocycles. The first-order valence-corrected chi connectivity index (χ1v) is 5.41. The Labute approximate surface area is 100 Å². The number of halogens is 1. The smallest absolute Gasteiger partial charge is 0.250 e. The van der Waals surface area contributed by atoms with Crippen LogP contribution in [0.25, 0.3) is 0 Å². The molecule has 0 radical (unpaired) electrons. The molecule has 0 saturated heterocycles. The molecule has 0 unspecified atom stereocenters. The lowest BCUT2D eigenvalue weighted by molar-refractivity contribution is -0.190. The molecule has 1 aromatic rings. The summed E-state index contributed by atoms with van der Waals surface area (Å²) in [5.41, 5.74) is 0.702. The summed E-state index contributed by atoms with van der Waals surface area (Å²) in [6, 6.07) is 3.52. The van der Waals surface area contributed by atoms with Gasteiger partial charge >= 0.3 is 0 Å². The van der Waals surface area contributed by atoms with Crippen LogP contribution in [0.15, 0.2) is 18.3 Å². The second kappa shape index (κ2) is 5.82. The maximum absolute atomic E-state index is 11.7. The largest absolute Gasteiger partial charge is 0.272 e. The Hall–Kier alpha value is -1.13. The SMILES string of the molecule is CC(C)ON(C)C(=O)Cc1cccnc1Cl. The standard InChI is InChI=1S/C11H15ClN2O2/c1-8(2)16-14(3)10(15)7-9-5-4-6-13-11(9)12/h4-6,8H,7H2,1-3H3. The summed E-state index contributed by atoms with van der Waals surface area (Å²) >= 11 is 5.86. The van der Waals surface area contributed by atoms with Gasteiger partial charge in [0.15, 0.2) is 0 Å². The van der Waals surface area contributed by atoms with Gasteiger partial charge in [-0.05, 0) is 25.5 Å². The van der Waals surface area contributed by atoms with Crippen LogP contribution in [-0.4, -0.2) is 29.1 Å². The molecule has 5 heteroatoms. The minimum absolute atomic E-state index is 0.0293. The van der Waals surface area contributed by atoms with Crippen molar-refractivity contribution >= 4 is 17.5 Å². The van der Waals surface area contributed by atoms with Gasteiger partial charge in [0.05, 0.1) is 12.5 Å². The van der Waals surface area contributed by atoms with Gasteiger partial charge in [-0.25, -0.2) is 10.0 Å². The number of amides is 1. The summed E-state index contributed by atoms with van der Waals surface area (Å²) < 4.78 is 0. The van der Waals surface area contributed by atoms with Gasteiger partial charge in [-0.15, -0.1) is 0 Å². The van der Waals surface area contributed by atoms with Crippen LogP contribution < -0.4 is 0 Å². The molecule has 0 aliphatic heterocycles. The lowest BCUT2D eigenvalue weighted by Gasteiger charge is -2.19. The minimum Gasteiger partial charge on any atom is -0.272 e. The molecule has 0 bridgehead atoms. The van der Waals surface area contributed by atoms with E-state index in [4.69, 9.17) is 16.4 Å². The molecular formula is C11H15ClN2O2. The van der Waals surface area contributed by atoms with Crippen molar-refractivity contribution in [3.05, 3.63) is 29.0 Å². The van der Waals surface area contributed by atoms with Crippen molar-refractivity contribution in [3.8, 4) is 0 Å². The molecule has 0 atom stereocenters. The maximum atomic E-state index is 11.7. The topological polar surface area (TPSA) is 42.4 Å². The summed E-state index contributed by atoms with van der Waals surface area (Å²) in [4.78, 5) is 20.9. The molecule has 0 N–H and O–H groups in total. The maximum Gasteiger partial charge on any atom is 0.250 e. The summed E-state index contributed by atoms with van der Waals surface area (Å²) in [7, 11) is 1.59. The van der Waals surface area contributed by atoms with E-state index < -0.39 is 0 Å². The predicted molar refractivity (Wildman–Crippen MR) is 61.9 cm³/mol. The van der Waals surface area contributed by atoms with Gasteiger partial charge in [0.1, 0.15) is 5.15 Å². The number of pyridine rings is 1. The van der Waals surface area contributed by atoms with Crippen LogP contribution in [0.5, 0.6) is 0 Å². The Morgan fingerprint density at radius 3 is 2.88 bits per heavy atom. The summed E-state index contributed by atoms with van der Waals surface area (Å²) in [5.74, 6) is -0.149. The molecule has 4 nitrogen and oxygen atoms in total. The van der Waals surface area contributed by atoms with Gasteiger partial charge in [-0.2, -0.15) is 0 Å². The van der Waals surface area contributed by atoms with E-state index in [0.29, 0.717) is 10.7 Å². The van der Waals surface area contributed by atoms with Crippen molar-refractivity contribution in [1.82, 2.24) is 10.0 Å². The molecule has 1 heterocycles. The van der Waals surface area contributed by atoms with Crippen molar-refractivity contribution < 1.29 is 9.63 Å². The third-order valence-electron chi connectivity index (χ3n) is 1.90. The molecule has 16 heavy (non-hydrogen) atoms. The predicted octanol–water partition coefficient (Wildman–Crippen LogP) is 2.08. The number of likely N-dealkylation sites (N-methyl/N-ethyl adjacent to an activating group) is 1. The molecule has 1 amide bonds. The molecule has 0 spiro atoms. The molecule has 1 rings (SSSR count). The fourth-order valence-electron chi connectivity index (χ4n) is 1.20. The van der Waals surface area contributed by atoms with E-state index in [1.165, 1.54) is 5.06 Å². The van der Waals surface area contributed by atoms with Crippen LogP contribution >= 0.6 is 11.6 Å². The first kappa shape index (κ1) is 12.9. The van der Waals surface area contributed by atoms with Gasteiger partial charge in [-0.1, -0.05) is 17.7 Å². The van der Waals surface area contributed by atoms with E-state index in [0.717, 1.165) is 0 Å². The number of hydrogen-bond acceptors (Lipinski definition) is 3. The third-order valence-corrected chi connectivity index (χ3v) is 2.24. The van der Waals surface area contributed by atoms with E-state index in [1.54, 1.807) is 25.4 Å². The Kier molecular flexibility index (Phi) is 4.71. The zero-order valence-corrected chi connectivity index (χ0v) is 10.4. The van der Waals surface area contributed by atoms with Crippen LogP contribution in [0.3, 0.4) is 0 Å². The molecule has 0 aliphatic rings. The second-order valence-electron chi connectivity index (χ2n) is 3.68. The Balaban J connectivity index is 2.61. The first-order chi connectivity index (χ1) is 7.50. The monoisotopic (exact) mass is 242 g/mol. The molecule has 0 aromatic carbocycles. The van der Waals surface area contributed by atoms with Crippen LogP contribution in [0.4, 0.5) is 0 Å². The number of aromatic nitrogens is 1. The lowest BCUT2D eigenvalue weighted by Crippen LogP contribution is -2.31. The molecule has 88 valence electrons. The number of hydrogen-bond donors (Lipinski definition) is 0. The van der Waals surface area contributed by atoms with Crippen molar-refractivity contribution in [3.63, 3.8) is 0 Å². The van der Waals surface area contributed by atoms with E-state index in [9.17, 15) is 4.79 Å². The minimum atomic E-state index is -0.149. The zero-order chi connectivity index (χ0) is 12.1. The van der Waals surface area contributed by atoms with Gasteiger partial charge in [0.2, 0.25) is 5.91 Å². The van der Waals surface area contributed by atoms with Crippen LogP contribution in [0.2, 0.25) is 5.15 Å². The Morgan fingerprint density at radius 2 is 2.31 bits per heavy atom. The van der Waals surface area contributed by atoms with Crippen molar-refractivity contribution in [1.29, 1.82) is 0 Å². The van der Waals surface area contributed by atoms with E-state index in [2.05, 4.69) is 4.98 Å². The summed E-state index contributed by atoms with van der Waals surface area (Å²) in [6.45, 7) is 3.72. The Morgan fingerprint density at radius 1 is 1.62 bits per heavy atom. The second-order valence-corrected chi connectivity index (χ2v) is 4.03. The fourth-order valence-corrected chi connectivity index (χ4v) is 1.39. The molecule has 0 aliphatic carbocycles. The average molecular weight is 243 g/mol. The number of hydroxylamine groups is 2. The fraction of sp³-hybridized carbons (Fsp3) is 0.455. The van der Waals surface area contributed by atoms with Crippen molar-refractivity contribution in [2.45, 2.75) is 26.4 Å². The van der Waals surface area contributed by atoms with Crippen LogP contribution in [0.1, 0.15) is 19.4 Å². The van der Waals surface area contributed by atoms with Crippen molar-refractivity contribution in [2.24, 2.45) is 0 Å². The van der Waals surface area contributed by atoms with Crippen LogP contribution in [-0.2, 0) is 16.1 Å². The first-order valence-electron chi connectivity index (χ1n) is 5.03.